The largest absolute Gasteiger partial charge is 0.506 e. The Bertz CT molecular complexity index is 1120. The number of rotatable bonds is 6. The number of anilines is 1. The Morgan fingerprint density at radius 2 is 1.94 bits per heavy atom. The second kappa shape index (κ2) is 8.18. The lowest BCUT2D eigenvalue weighted by Crippen LogP contribution is -2.22. The smallest absolute Gasteiger partial charge is 0.433 e. The van der Waals surface area contributed by atoms with E-state index >= 15 is 0 Å². The highest BCUT2D eigenvalue weighted by atomic mass is 19.4. The van der Waals surface area contributed by atoms with Gasteiger partial charge < -0.3 is 15.5 Å². The fourth-order valence-electron chi connectivity index (χ4n) is 3.16. The number of pyridine rings is 1. The van der Waals surface area contributed by atoms with Crippen LogP contribution in [0, 0.1) is 0 Å². The van der Waals surface area contributed by atoms with Crippen molar-refractivity contribution in [3.63, 3.8) is 0 Å². The Hall–Kier alpha value is -3.14. The molecule has 0 bridgehead atoms. The van der Waals surface area contributed by atoms with E-state index in [1.807, 2.05) is 6.92 Å². The molecule has 7 nitrogen and oxygen atoms in total. The van der Waals surface area contributed by atoms with Crippen molar-refractivity contribution in [3.8, 4) is 5.75 Å². The quantitative estimate of drug-likeness (QED) is 0.505. The molecule has 0 fully saturated rings. The van der Waals surface area contributed by atoms with Gasteiger partial charge >= 0.3 is 6.18 Å². The summed E-state index contributed by atoms with van der Waals surface area (Å²) in [7, 11) is 0. The average Bonchev–Trinajstić information content (AvgIpc) is 3.01. The predicted molar refractivity (Wildman–Crippen MR) is 109 cm³/mol. The van der Waals surface area contributed by atoms with Crippen LogP contribution in [0.5, 0.6) is 5.75 Å². The molecule has 31 heavy (non-hydrogen) atoms. The van der Waals surface area contributed by atoms with Gasteiger partial charge in [-0.3, -0.25) is 9.48 Å². The van der Waals surface area contributed by atoms with Crippen molar-refractivity contribution in [2.75, 3.05) is 5.32 Å². The number of nitrogens with one attached hydrogen (secondary N) is 1. The van der Waals surface area contributed by atoms with Crippen LogP contribution >= 0.6 is 0 Å². The molecule has 0 aliphatic rings. The van der Waals surface area contributed by atoms with Crippen molar-refractivity contribution in [3.05, 3.63) is 47.4 Å². The minimum Gasteiger partial charge on any atom is -0.506 e. The van der Waals surface area contributed by atoms with Crippen molar-refractivity contribution < 1.29 is 28.2 Å². The fraction of sp³-hybridized carbons (Fsp3) is 0.381. The van der Waals surface area contributed by atoms with Crippen molar-refractivity contribution in [2.24, 2.45) is 0 Å². The minimum atomic E-state index is -4.68. The summed E-state index contributed by atoms with van der Waals surface area (Å²) in [6.45, 7) is 5.78. The fourth-order valence-corrected chi connectivity index (χ4v) is 3.16. The summed E-state index contributed by atoms with van der Waals surface area (Å²) in [4.78, 5) is 15.8. The van der Waals surface area contributed by atoms with E-state index in [2.05, 4.69) is 15.4 Å². The van der Waals surface area contributed by atoms with E-state index in [0.29, 0.717) is 30.3 Å². The van der Waals surface area contributed by atoms with Gasteiger partial charge in [0.05, 0.1) is 16.8 Å². The van der Waals surface area contributed by atoms with Crippen LogP contribution in [0.25, 0.3) is 10.9 Å². The number of fused-ring (bicyclic) bond motifs is 1. The molecule has 0 atom stereocenters. The summed E-state index contributed by atoms with van der Waals surface area (Å²) in [5.41, 5.74) is -1.10. The molecule has 0 radical (unpaired) electrons. The highest BCUT2D eigenvalue weighted by molar-refractivity contribution is 6.05. The number of hydrogen-bond donors (Lipinski definition) is 3. The molecule has 10 heteroatoms. The van der Waals surface area contributed by atoms with E-state index in [0.717, 1.165) is 23.9 Å². The molecule has 0 aliphatic carbocycles. The van der Waals surface area contributed by atoms with Gasteiger partial charge in [0.15, 0.2) is 0 Å². The van der Waals surface area contributed by atoms with E-state index in [1.54, 1.807) is 18.5 Å². The Labute approximate surface area is 176 Å². The zero-order valence-corrected chi connectivity index (χ0v) is 17.3. The number of halogens is 3. The normalized spacial score (nSPS) is 12.4. The number of aromatic nitrogens is 3. The van der Waals surface area contributed by atoms with Gasteiger partial charge in [0, 0.05) is 23.7 Å². The Morgan fingerprint density at radius 1 is 1.23 bits per heavy atom. The number of alkyl halides is 3. The molecule has 2 aromatic heterocycles. The van der Waals surface area contributed by atoms with E-state index in [4.69, 9.17) is 0 Å². The first-order chi connectivity index (χ1) is 14.4. The van der Waals surface area contributed by atoms with E-state index in [1.165, 1.54) is 12.1 Å². The molecule has 3 N–H and O–H groups in total. The van der Waals surface area contributed by atoms with Crippen molar-refractivity contribution in [2.45, 2.75) is 51.9 Å². The molecular weight excluding hydrogens is 413 g/mol. The minimum absolute atomic E-state index is 0.0356. The van der Waals surface area contributed by atoms with Gasteiger partial charge in [0.25, 0.3) is 5.91 Å². The number of phenolic OH excluding ortho intramolecular Hbond substituents is 1. The lowest BCUT2D eigenvalue weighted by Gasteiger charge is -2.17. The van der Waals surface area contributed by atoms with Gasteiger partial charge in [-0.25, -0.2) is 4.98 Å². The molecule has 0 saturated heterocycles. The van der Waals surface area contributed by atoms with Crippen molar-refractivity contribution in [1.82, 2.24) is 14.8 Å². The molecule has 1 amide bonds. The van der Waals surface area contributed by atoms with Gasteiger partial charge in [-0.15, -0.1) is 0 Å². The number of aryl methyl sites for hydroxylation is 2. The molecule has 0 saturated carbocycles. The lowest BCUT2D eigenvalue weighted by atomic mass is 10.1. The number of hydrogen-bond acceptors (Lipinski definition) is 5. The van der Waals surface area contributed by atoms with Gasteiger partial charge in [-0.2, -0.15) is 18.3 Å². The molecule has 1 aromatic carbocycles. The summed E-state index contributed by atoms with van der Waals surface area (Å²) >= 11 is 0. The second-order valence-corrected chi connectivity index (χ2v) is 7.83. The highest BCUT2D eigenvalue weighted by Gasteiger charge is 2.33. The van der Waals surface area contributed by atoms with Crippen LogP contribution in [0.1, 0.15) is 49.1 Å². The Kier molecular flexibility index (Phi) is 5.95. The van der Waals surface area contributed by atoms with Crippen LogP contribution in [0.3, 0.4) is 0 Å². The number of nitrogens with zero attached hydrogens (tertiary/aromatic N) is 3. The maximum atomic E-state index is 12.9. The molecular formula is C21H23F3N4O3. The third-order valence-corrected chi connectivity index (χ3v) is 4.76. The topological polar surface area (TPSA) is 100 Å². The maximum Gasteiger partial charge on any atom is 0.433 e. The standard InChI is InChI=1S/C21H23F3N4O3/c1-4-16-12-10-15(17(29)11-14(12)27-28(16)9-8-20(2,3)31)26-19(30)13-6-5-7-18(25-13)21(22,23)24/h5-7,10-11,29,31H,4,8-9H2,1-3H3,(H,26,30). The van der Waals surface area contributed by atoms with Crippen molar-refractivity contribution in [1.29, 1.82) is 0 Å². The second-order valence-electron chi connectivity index (χ2n) is 7.83. The van der Waals surface area contributed by atoms with E-state index in [9.17, 15) is 28.2 Å². The number of phenols is 1. The van der Waals surface area contributed by atoms with Gasteiger partial charge in [-0.05, 0) is 44.9 Å². The maximum absolute atomic E-state index is 12.9. The van der Waals surface area contributed by atoms with Crippen LogP contribution in [0.2, 0.25) is 0 Å². The Balaban J connectivity index is 1.92. The molecule has 0 spiro atoms. The zero-order chi connectivity index (χ0) is 23.0. The third-order valence-electron chi connectivity index (χ3n) is 4.76. The van der Waals surface area contributed by atoms with Crippen LogP contribution in [0.4, 0.5) is 18.9 Å². The van der Waals surface area contributed by atoms with Crippen molar-refractivity contribution >= 4 is 22.5 Å². The van der Waals surface area contributed by atoms with Crippen LogP contribution in [-0.4, -0.2) is 36.5 Å². The van der Waals surface area contributed by atoms with Crippen LogP contribution < -0.4 is 5.32 Å². The zero-order valence-electron chi connectivity index (χ0n) is 17.3. The van der Waals surface area contributed by atoms with E-state index < -0.39 is 29.1 Å². The molecule has 3 aromatic rings. The number of aromatic hydroxyl groups is 1. The van der Waals surface area contributed by atoms with E-state index in [-0.39, 0.29) is 11.4 Å². The molecule has 0 unspecified atom stereocenters. The molecule has 166 valence electrons. The Morgan fingerprint density at radius 3 is 2.55 bits per heavy atom. The summed E-state index contributed by atoms with van der Waals surface area (Å²) in [6.07, 6.45) is -3.61. The lowest BCUT2D eigenvalue weighted by molar-refractivity contribution is -0.141. The predicted octanol–water partition coefficient (Wildman–Crippen LogP) is 4.13. The first kappa shape index (κ1) is 22.5. The number of carbonyl (C=O) groups excluding carboxylic acids is 1. The number of benzene rings is 1. The number of amides is 1. The summed E-state index contributed by atoms with van der Waals surface area (Å²) in [5, 5.41) is 27.9. The number of carbonyl (C=O) groups is 1. The molecule has 2 heterocycles. The average molecular weight is 436 g/mol. The van der Waals surface area contributed by atoms with Gasteiger partial charge in [0.1, 0.15) is 17.1 Å². The van der Waals surface area contributed by atoms with Crippen LogP contribution in [0.15, 0.2) is 30.3 Å². The molecule has 3 rings (SSSR count). The SMILES string of the molecule is CCc1c2cc(NC(=O)c3cccc(C(F)(F)F)n3)c(O)cc2nn1CCC(C)(C)O. The highest BCUT2D eigenvalue weighted by Crippen LogP contribution is 2.32. The van der Waals surface area contributed by atoms with Crippen LogP contribution in [-0.2, 0) is 19.1 Å². The first-order valence-corrected chi connectivity index (χ1v) is 9.69. The summed E-state index contributed by atoms with van der Waals surface area (Å²) in [5.74, 6) is -1.16. The first-order valence-electron chi connectivity index (χ1n) is 9.69. The van der Waals surface area contributed by atoms with Gasteiger partial charge in [-0.1, -0.05) is 13.0 Å². The third kappa shape index (κ3) is 5.13. The summed E-state index contributed by atoms with van der Waals surface area (Å²) in [6, 6.07) is 5.94. The molecule has 0 aliphatic heterocycles. The summed E-state index contributed by atoms with van der Waals surface area (Å²) < 4.78 is 40.3. The van der Waals surface area contributed by atoms with Gasteiger partial charge in [0.2, 0.25) is 0 Å². The monoisotopic (exact) mass is 436 g/mol. The number of aliphatic hydroxyl groups is 1.